The Morgan fingerprint density at radius 3 is 2.53 bits per heavy atom. The first kappa shape index (κ1) is 11.8. The molecule has 1 atom stereocenters. The van der Waals surface area contributed by atoms with Crippen LogP contribution < -0.4 is 5.32 Å². The van der Waals surface area contributed by atoms with Gasteiger partial charge in [-0.05, 0) is 30.7 Å². The zero-order chi connectivity index (χ0) is 12.1. The summed E-state index contributed by atoms with van der Waals surface area (Å²) >= 11 is 0. The van der Waals surface area contributed by atoms with Crippen LogP contribution in [0.2, 0.25) is 0 Å². The monoisotopic (exact) mass is 226 g/mol. The smallest absolute Gasteiger partial charge is 0.0751 e. The largest absolute Gasteiger partial charge is 0.308 e. The van der Waals surface area contributed by atoms with Crippen molar-refractivity contribution in [1.82, 2.24) is 10.3 Å². The second-order valence-electron chi connectivity index (χ2n) is 4.03. The van der Waals surface area contributed by atoms with Crippen molar-refractivity contribution in [3.8, 4) is 0 Å². The Balaban J connectivity index is 2.42. The maximum Gasteiger partial charge on any atom is 0.0751 e. The molecule has 1 unspecified atom stereocenters. The highest BCUT2D eigenvalue weighted by atomic mass is 14.9. The molecule has 1 N–H and O–H groups in total. The van der Waals surface area contributed by atoms with Gasteiger partial charge in [0.2, 0.25) is 0 Å². The van der Waals surface area contributed by atoms with Gasteiger partial charge in [-0.15, -0.1) is 0 Å². The van der Waals surface area contributed by atoms with Gasteiger partial charge in [0, 0.05) is 6.20 Å². The molecule has 1 heterocycles. The van der Waals surface area contributed by atoms with E-state index >= 15 is 0 Å². The van der Waals surface area contributed by atoms with E-state index in [9.17, 15) is 0 Å². The summed E-state index contributed by atoms with van der Waals surface area (Å²) in [6.07, 6.45) is 2.87. The van der Waals surface area contributed by atoms with E-state index in [1.54, 1.807) is 0 Å². The van der Waals surface area contributed by atoms with Crippen LogP contribution in [0.4, 0.5) is 0 Å². The van der Waals surface area contributed by atoms with E-state index in [1.165, 1.54) is 11.1 Å². The van der Waals surface area contributed by atoms with Crippen LogP contribution in [0, 0.1) is 0 Å². The minimum atomic E-state index is 0.173. The van der Waals surface area contributed by atoms with Crippen LogP contribution in [0.3, 0.4) is 0 Å². The average molecular weight is 226 g/mol. The van der Waals surface area contributed by atoms with Gasteiger partial charge in [-0.3, -0.25) is 4.98 Å². The van der Waals surface area contributed by atoms with Crippen LogP contribution in [0.15, 0.2) is 48.7 Å². The first-order valence-corrected chi connectivity index (χ1v) is 6.02. The number of rotatable bonds is 4. The summed E-state index contributed by atoms with van der Waals surface area (Å²) in [4.78, 5) is 4.53. The first-order valence-electron chi connectivity index (χ1n) is 6.02. The highest BCUT2D eigenvalue weighted by Gasteiger charge is 2.15. The van der Waals surface area contributed by atoms with Crippen molar-refractivity contribution in [2.45, 2.75) is 19.4 Å². The van der Waals surface area contributed by atoms with Crippen LogP contribution >= 0.6 is 0 Å². The van der Waals surface area contributed by atoms with E-state index in [-0.39, 0.29) is 6.04 Å². The molecule has 2 nitrogen and oxygen atoms in total. The Hall–Kier alpha value is -1.67. The second-order valence-corrected chi connectivity index (χ2v) is 4.03. The minimum Gasteiger partial charge on any atom is -0.308 e. The molecule has 0 saturated carbocycles. The van der Waals surface area contributed by atoms with Gasteiger partial charge >= 0.3 is 0 Å². The summed E-state index contributed by atoms with van der Waals surface area (Å²) in [6.45, 7) is 2.16. The standard InChI is InChI=1S/C15H18N2/c1-3-12-10-7-11-17-15(12)14(16-2)13-8-5-4-6-9-13/h4-11,14,16H,3H2,1-2H3. The molecule has 0 bridgehead atoms. The fraction of sp³-hybridized carbons (Fsp3) is 0.267. The third-order valence-electron chi connectivity index (χ3n) is 3.00. The van der Waals surface area contributed by atoms with E-state index in [2.05, 4.69) is 47.6 Å². The van der Waals surface area contributed by atoms with Crippen molar-refractivity contribution in [3.63, 3.8) is 0 Å². The van der Waals surface area contributed by atoms with Crippen molar-refractivity contribution in [1.29, 1.82) is 0 Å². The van der Waals surface area contributed by atoms with E-state index < -0.39 is 0 Å². The Morgan fingerprint density at radius 1 is 1.12 bits per heavy atom. The Kier molecular flexibility index (Phi) is 3.89. The lowest BCUT2D eigenvalue weighted by molar-refractivity contribution is 0.662. The lowest BCUT2D eigenvalue weighted by Gasteiger charge is -2.18. The summed E-state index contributed by atoms with van der Waals surface area (Å²) < 4.78 is 0. The number of nitrogens with zero attached hydrogens (tertiary/aromatic N) is 1. The van der Waals surface area contributed by atoms with Gasteiger partial charge < -0.3 is 5.32 Å². The fourth-order valence-corrected chi connectivity index (χ4v) is 2.12. The topological polar surface area (TPSA) is 24.9 Å². The predicted molar refractivity (Wildman–Crippen MR) is 71.0 cm³/mol. The summed E-state index contributed by atoms with van der Waals surface area (Å²) in [7, 11) is 1.98. The molecule has 0 saturated heterocycles. The molecule has 0 aliphatic carbocycles. The molecule has 0 spiro atoms. The quantitative estimate of drug-likeness (QED) is 0.867. The zero-order valence-corrected chi connectivity index (χ0v) is 10.4. The lowest BCUT2D eigenvalue weighted by Crippen LogP contribution is -2.20. The van der Waals surface area contributed by atoms with Crippen molar-refractivity contribution >= 4 is 0 Å². The summed E-state index contributed by atoms with van der Waals surface area (Å²) in [5, 5.41) is 3.35. The van der Waals surface area contributed by atoms with Gasteiger partial charge in [0.1, 0.15) is 0 Å². The number of nitrogens with one attached hydrogen (secondary N) is 1. The molecule has 17 heavy (non-hydrogen) atoms. The van der Waals surface area contributed by atoms with Crippen molar-refractivity contribution in [3.05, 3.63) is 65.5 Å². The number of pyridine rings is 1. The van der Waals surface area contributed by atoms with Gasteiger partial charge in [-0.2, -0.15) is 0 Å². The normalized spacial score (nSPS) is 12.4. The van der Waals surface area contributed by atoms with Gasteiger partial charge in [0.15, 0.2) is 0 Å². The minimum absolute atomic E-state index is 0.173. The average Bonchev–Trinajstić information content (AvgIpc) is 2.41. The Labute approximate surface area is 103 Å². The highest BCUT2D eigenvalue weighted by Crippen LogP contribution is 2.22. The predicted octanol–water partition coefficient (Wildman–Crippen LogP) is 2.95. The lowest BCUT2D eigenvalue weighted by atomic mass is 9.98. The van der Waals surface area contributed by atoms with Gasteiger partial charge in [-0.25, -0.2) is 0 Å². The molecule has 0 radical (unpaired) electrons. The molecule has 0 aliphatic heterocycles. The number of hydrogen-bond donors (Lipinski definition) is 1. The fourth-order valence-electron chi connectivity index (χ4n) is 2.12. The molecule has 0 fully saturated rings. The van der Waals surface area contributed by atoms with E-state index in [1.807, 2.05) is 25.4 Å². The zero-order valence-electron chi connectivity index (χ0n) is 10.4. The van der Waals surface area contributed by atoms with Crippen molar-refractivity contribution in [2.75, 3.05) is 7.05 Å². The molecule has 88 valence electrons. The van der Waals surface area contributed by atoms with Crippen LogP contribution in [0.1, 0.15) is 29.8 Å². The molecule has 0 aliphatic rings. The molecule has 2 rings (SSSR count). The molecule has 1 aromatic heterocycles. The second kappa shape index (κ2) is 5.60. The number of hydrogen-bond acceptors (Lipinski definition) is 2. The van der Waals surface area contributed by atoms with Crippen LogP contribution in [0.5, 0.6) is 0 Å². The molecule has 2 heteroatoms. The van der Waals surface area contributed by atoms with E-state index in [0.717, 1.165) is 12.1 Å². The maximum atomic E-state index is 4.53. The number of aryl methyl sites for hydroxylation is 1. The third kappa shape index (κ3) is 2.53. The molecular weight excluding hydrogens is 208 g/mol. The number of aromatic nitrogens is 1. The maximum absolute atomic E-state index is 4.53. The van der Waals surface area contributed by atoms with Gasteiger partial charge in [-0.1, -0.05) is 43.3 Å². The van der Waals surface area contributed by atoms with Crippen LogP contribution in [-0.4, -0.2) is 12.0 Å². The molecular formula is C15H18N2. The number of benzene rings is 1. The summed E-state index contributed by atoms with van der Waals surface area (Å²) in [5.41, 5.74) is 3.68. The molecule has 0 amide bonds. The third-order valence-corrected chi connectivity index (χ3v) is 3.00. The highest BCUT2D eigenvalue weighted by molar-refractivity contribution is 5.32. The van der Waals surface area contributed by atoms with Crippen molar-refractivity contribution in [2.24, 2.45) is 0 Å². The summed E-state index contributed by atoms with van der Waals surface area (Å²) in [5.74, 6) is 0. The Bertz CT molecular complexity index is 465. The summed E-state index contributed by atoms with van der Waals surface area (Å²) in [6, 6.07) is 14.8. The first-order chi connectivity index (χ1) is 8.36. The van der Waals surface area contributed by atoms with E-state index in [4.69, 9.17) is 0 Å². The van der Waals surface area contributed by atoms with Crippen molar-refractivity contribution < 1.29 is 0 Å². The van der Waals surface area contributed by atoms with Crippen LogP contribution in [-0.2, 0) is 6.42 Å². The Morgan fingerprint density at radius 2 is 1.88 bits per heavy atom. The van der Waals surface area contributed by atoms with E-state index in [0.29, 0.717) is 0 Å². The van der Waals surface area contributed by atoms with Gasteiger partial charge in [0.05, 0.1) is 11.7 Å². The SMILES string of the molecule is CCc1cccnc1C(NC)c1ccccc1. The molecule has 2 aromatic rings. The van der Waals surface area contributed by atoms with Gasteiger partial charge in [0.25, 0.3) is 0 Å². The molecule has 1 aromatic carbocycles. The van der Waals surface area contributed by atoms with Crippen LogP contribution in [0.25, 0.3) is 0 Å².